The molecule has 0 unspecified atom stereocenters. The highest BCUT2D eigenvalue weighted by Gasteiger charge is 2.50. The zero-order valence-corrected chi connectivity index (χ0v) is 36.4. The van der Waals surface area contributed by atoms with Gasteiger partial charge >= 0.3 is 5.97 Å². The van der Waals surface area contributed by atoms with Gasteiger partial charge in [0.15, 0.2) is 16.6 Å². The molecule has 0 aromatic carbocycles. The molecule has 0 bridgehead atoms. The van der Waals surface area contributed by atoms with Crippen LogP contribution in [0.25, 0.3) is 6.08 Å². The number of thiazole rings is 1. The van der Waals surface area contributed by atoms with E-state index in [1.54, 1.807) is 11.3 Å². The van der Waals surface area contributed by atoms with E-state index in [-0.39, 0.29) is 46.2 Å². The Balaban J connectivity index is 2.66. The van der Waals surface area contributed by atoms with Gasteiger partial charge in [0.05, 0.1) is 29.3 Å². The van der Waals surface area contributed by atoms with Crippen molar-refractivity contribution in [3.63, 3.8) is 0 Å². The van der Waals surface area contributed by atoms with Gasteiger partial charge in [-0.2, -0.15) is 0 Å². The number of rotatable bonds is 6. The topological polar surface area (TPSA) is 74.7 Å². The summed E-state index contributed by atoms with van der Waals surface area (Å²) < 4.78 is 20.5. The Morgan fingerprint density at radius 3 is 2.08 bits per heavy atom. The van der Waals surface area contributed by atoms with Gasteiger partial charge in [0.1, 0.15) is 11.9 Å². The minimum absolute atomic E-state index is 0.00354. The van der Waals surface area contributed by atoms with Crippen molar-refractivity contribution in [1.29, 1.82) is 0 Å². The Labute approximate surface area is 300 Å². The maximum atomic E-state index is 14.8. The fourth-order valence-electron chi connectivity index (χ4n) is 5.83. The molecule has 0 radical (unpaired) electrons. The third-order valence-electron chi connectivity index (χ3n) is 11.4. The van der Waals surface area contributed by atoms with Crippen LogP contribution >= 0.6 is 11.3 Å². The molecule has 6 nitrogen and oxygen atoms in total. The van der Waals surface area contributed by atoms with Gasteiger partial charge in [-0.3, -0.25) is 9.59 Å². The highest BCUT2D eigenvalue weighted by molar-refractivity contribution is 7.09. The molecule has 0 amide bonds. The van der Waals surface area contributed by atoms with Crippen LogP contribution in [0.2, 0.25) is 36.3 Å². The van der Waals surface area contributed by atoms with Crippen LogP contribution in [0.4, 0.5) is 0 Å². The van der Waals surface area contributed by atoms with Crippen LogP contribution in [0.3, 0.4) is 0 Å². The zero-order valence-electron chi connectivity index (χ0n) is 33.6. The number of ketones is 1. The summed E-state index contributed by atoms with van der Waals surface area (Å²) in [6.07, 6.45) is 6.45. The summed E-state index contributed by atoms with van der Waals surface area (Å²) >= 11 is 1.61. The van der Waals surface area contributed by atoms with Crippen molar-refractivity contribution in [2.75, 3.05) is 0 Å². The molecule has 48 heavy (non-hydrogen) atoms. The second-order valence-corrected chi connectivity index (χ2v) is 28.7. The molecular formula is C39H69NO5SSi2. The molecule has 0 N–H and O–H groups in total. The predicted molar refractivity (Wildman–Crippen MR) is 208 cm³/mol. The molecule has 1 aliphatic heterocycles. The fraction of sp³-hybridized carbons (Fsp3) is 0.769. The molecule has 5 atom stereocenters. The number of aryl methyl sites for hydroxylation is 1. The van der Waals surface area contributed by atoms with Crippen molar-refractivity contribution in [3.8, 4) is 0 Å². The SMILES string of the molecule is CC1=CC[C@@H](/C(C)=C/c2csc(C)n2)OC(=O)C[C@H](O[Si](C)(C)C(C)(C)C)C(C)(C)C(=O)[C@H](C)[C@@H](O[Si](C)(C)C(C)(C)C)[C@@H](C)CCC1. The van der Waals surface area contributed by atoms with Crippen LogP contribution in [-0.4, -0.2) is 51.7 Å². The van der Waals surface area contributed by atoms with Crippen molar-refractivity contribution < 1.29 is 23.2 Å². The number of cyclic esters (lactones) is 1. The second-order valence-electron chi connectivity index (χ2n) is 18.1. The lowest BCUT2D eigenvalue weighted by molar-refractivity contribution is -0.153. The Bertz CT molecular complexity index is 1310. The number of ether oxygens (including phenoxy) is 1. The summed E-state index contributed by atoms with van der Waals surface area (Å²) in [5, 5.41) is 2.94. The van der Waals surface area contributed by atoms with Crippen LogP contribution in [0, 0.1) is 24.2 Å². The summed E-state index contributed by atoms with van der Waals surface area (Å²) in [5.74, 6) is -0.433. The molecule has 0 saturated heterocycles. The summed E-state index contributed by atoms with van der Waals surface area (Å²) in [6, 6.07) is 0. The second kappa shape index (κ2) is 16.3. The Morgan fingerprint density at radius 2 is 1.56 bits per heavy atom. The molecule has 0 spiro atoms. The lowest BCUT2D eigenvalue weighted by Crippen LogP contribution is -2.54. The lowest BCUT2D eigenvalue weighted by atomic mass is 9.73. The molecular weight excluding hydrogens is 651 g/mol. The number of nitrogens with zero attached hydrogens (tertiary/aromatic N) is 1. The van der Waals surface area contributed by atoms with E-state index in [9.17, 15) is 9.59 Å². The van der Waals surface area contributed by atoms with Gasteiger partial charge in [-0.1, -0.05) is 80.9 Å². The standard InChI is InChI=1S/C39H69NO5SSi2/c1-26-19-18-20-27(2)35(45-48(16,17)38(9,10)11)29(4)36(42)39(12,13)33(44-47(14,15)37(6,7)8)24-34(41)43-32(22-21-26)28(3)23-31-25-46-30(5)40-31/h21,23,25,27,29,32-33,35H,18-20,22,24H2,1-17H3/b26-21?,28-23+/t27-,29+,32-,33-,35-/m0/s1. The zero-order chi connectivity index (χ0) is 37.0. The Morgan fingerprint density at radius 1 is 1.00 bits per heavy atom. The van der Waals surface area contributed by atoms with Crippen molar-refractivity contribution in [1.82, 2.24) is 4.98 Å². The van der Waals surface area contributed by atoms with E-state index in [0.29, 0.717) is 6.42 Å². The molecule has 1 aromatic heterocycles. The lowest BCUT2D eigenvalue weighted by Gasteiger charge is -2.46. The monoisotopic (exact) mass is 719 g/mol. The maximum Gasteiger partial charge on any atom is 0.309 e. The smallest absolute Gasteiger partial charge is 0.309 e. The highest BCUT2D eigenvalue weighted by atomic mass is 32.1. The van der Waals surface area contributed by atoms with Crippen LogP contribution < -0.4 is 0 Å². The molecule has 0 saturated carbocycles. The summed E-state index contributed by atoms with van der Waals surface area (Å²) in [6.45, 7) is 36.6. The number of aromatic nitrogens is 1. The van der Waals surface area contributed by atoms with E-state index in [4.69, 9.17) is 13.6 Å². The fourth-order valence-corrected chi connectivity index (χ4v) is 9.32. The average Bonchev–Trinajstić information content (AvgIpc) is 3.34. The Kier molecular flexibility index (Phi) is 14.5. The first-order chi connectivity index (χ1) is 21.7. The number of allylic oxidation sites excluding steroid dienone is 1. The third-order valence-corrected chi connectivity index (χ3v) is 21.2. The van der Waals surface area contributed by atoms with E-state index in [0.717, 1.165) is 35.5 Å². The minimum atomic E-state index is -2.39. The number of carbonyl (C=O) groups is 2. The van der Waals surface area contributed by atoms with Crippen LogP contribution in [0.5, 0.6) is 0 Å². The van der Waals surface area contributed by atoms with Crippen LogP contribution in [-0.2, 0) is 23.2 Å². The number of carbonyl (C=O) groups excluding carboxylic acids is 2. The first-order valence-electron chi connectivity index (χ1n) is 18.0. The summed E-state index contributed by atoms with van der Waals surface area (Å²) in [4.78, 5) is 33.4. The number of Topliss-reactive ketones (excluding diaryl/α,β-unsaturated/α-hetero) is 1. The van der Waals surface area contributed by atoms with E-state index >= 15 is 0 Å². The van der Waals surface area contributed by atoms with Gasteiger partial charge in [0, 0.05) is 23.1 Å². The predicted octanol–water partition coefficient (Wildman–Crippen LogP) is 11.3. The number of hydrogen-bond donors (Lipinski definition) is 0. The van der Waals surface area contributed by atoms with Gasteiger partial charge < -0.3 is 13.6 Å². The molecule has 274 valence electrons. The molecule has 2 rings (SSSR count). The molecule has 9 heteroatoms. The van der Waals surface area contributed by atoms with Crippen molar-refractivity contribution >= 4 is 45.8 Å². The van der Waals surface area contributed by atoms with Crippen molar-refractivity contribution in [2.45, 2.75) is 177 Å². The third kappa shape index (κ3) is 11.3. The molecule has 0 aliphatic carbocycles. The Hall–Kier alpha value is -1.40. The number of hydrogen-bond acceptors (Lipinski definition) is 7. The van der Waals surface area contributed by atoms with Gasteiger partial charge in [-0.25, -0.2) is 4.98 Å². The number of esters is 1. The molecule has 1 aromatic rings. The first-order valence-corrected chi connectivity index (χ1v) is 24.7. The van der Waals surface area contributed by atoms with Gasteiger partial charge in [0.2, 0.25) is 0 Å². The molecule has 0 fully saturated rings. The largest absolute Gasteiger partial charge is 0.457 e. The van der Waals surface area contributed by atoms with Gasteiger partial charge in [-0.15, -0.1) is 11.3 Å². The van der Waals surface area contributed by atoms with E-state index in [1.807, 2.05) is 46.1 Å². The van der Waals surface area contributed by atoms with E-state index < -0.39 is 34.3 Å². The van der Waals surface area contributed by atoms with E-state index in [1.165, 1.54) is 5.57 Å². The highest BCUT2D eigenvalue weighted by Crippen LogP contribution is 2.44. The molecule has 1 aliphatic rings. The summed E-state index contributed by atoms with van der Waals surface area (Å²) in [5.41, 5.74) is 2.15. The average molecular weight is 720 g/mol. The van der Waals surface area contributed by atoms with Gasteiger partial charge in [0.25, 0.3) is 0 Å². The first kappa shape index (κ1) is 42.8. The van der Waals surface area contributed by atoms with Crippen LogP contribution in [0.15, 0.2) is 22.6 Å². The maximum absolute atomic E-state index is 14.8. The normalized spacial score (nSPS) is 26.6. The molecule has 2 heterocycles. The van der Waals surface area contributed by atoms with Gasteiger partial charge in [-0.05, 0) is 93.9 Å². The van der Waals surface area contributed by atoms with Crippen molar-refractivity contribution in [3.05, 3.63) is 33.3 Å². The van der Waals surface area contributed by atoms with Crippen LogP contribution in [0.1, 0.15) is 126 Å². The summed E-state index contributed by atoms with van der Waals surface area (Å²) in [7, 11) is -4.58. The minimum Gasteiger partial charge on any atom is -0.457 e. The van der Waals surface area contributed by atoms with Crippen molar-refractivity contribution in [2.24, 2.45) is 17.3 Å². The van der Waals surface area contributed by atoms with E-state index in [2.05, 4.69) is 92.6 Å². The quantitative estimate of drug-likeness (QED) is 0.165.